The molecule has 7 nitrogen and oxygen atoms in total. The second-order valence-electron chi connectivity index (χ2n) is 8.18. The maximum Gasteiger partial charge on any atom is 0.257 e. The van der Waals surface area contributed by atoms with Crippen LogP contribution in [0.1, 0.15) is 17.0 Å². The second kappa shape index (κ2) is 8.44. The fourth-order valence-electron chi connectivity index (χ4n) is 4.28. The molecular weight excluding hydrogens is 412 g/mol. The lowest BCUT2D eigenvalue weighted by Gasteiger charge is -2.28. The van der Waals surface area contributed by atoms with Gasteiger partial charge in [0.1, 0.15) is 5.82 Å². The average Bonchev–Trinajstić information content (AvgIpc) is 3.33. The molecule has 1 aliphatic heterocycles. The molecule has 0 aliphatic carbocycles. The number of anilines is 2. The van der Waals surface area contributed by atoms with Gasteiger partial charge in [0, 0.05) is 35.8 Å². The number of fused-ring (bicyclic) bond motifs is 2. The van der Waals surface area contributed by atoms with E-state index in [1.807, 2.05) is 60.9 Å². The van der Waals surface area contributed by atoms with Gasteiger partial charge in [-0.15, -0.1) is 0 Å². The number of pyridine rings is 2. The number of hydrogen-bond donors (Lipinski definition) is 1. The molecule has 4 heterocycles. The van der Waals surface area contributed by atoms with E-state index < -0.39 is 0 Å². The monoisotopic (exact) mass is 434 g/mol. The molecule has 3 aromatic heterocycles. The van der Waals surface area contributed by atoms with Gasteiger partial charge in [0.05, 0.1) is 23.9 Å². The van der Waals surface area contributed by atoms with Gasteiger partial charge in [-0.2, -0.15) is 4.98 Å². The molecule has 0 bridgehead atoms. The fraction of sp³-hybridized carbons (Fsp3) is 0.154. The van der Waals surface area contributed by atoms with Crippen molar-refractivity contribution in [3.05, 3.63) is 96.1 Å². The molecule has 0 saturated heterocycles. The van der Waals surface area contributed by atoms with Gasteiger partial charge in [-0.05, 0) is 42.3 Å². The zero-order valence-corrected chi connectivity index (χ0v) is 18.0. The normalized spacial score (nSPS) is 13.7. The van der Waals surface area contributed by atoms with Crippen molar-refractivity contribution in [1.82, 2.24) is 25.0 Å². The van der Waals surface area contributed by atoms with Crippen LogP contribution >= 0.6 is 0 Å². The van der Waals surface area contributed by atoms with Crippen LogP contribution in [0, 0.1) is 0 Å². The Balaban J connectivity index is 1.18. The lowest BCUT2D eigenvalue weighted by Crippen LogP contribution is -2.31. The zero-order valence-electron chi connectivity index (χ0n) is 18.0. The predicted molar refractivity (Wildman–Crippen MR) is 127 cm³/mol. The summed E-state index contributed by atoms with van der Waals surface area (Å²) in [6.45, 7) is 2.37. The van der Waals surface area contributed by atoms with E-state index in [2.05, 4.69) is 48.5 Å². The summed E-state index contributed by atoms with van der Waals surface area (Å²) in [6.07, 6.45) is 4.62. The summed E-state index contributed by atoms with van der Waals surface area (Å²) in [5.74, 6) is 2.16. The van der Waals surface area contributed by atoms with E-state index in [9.17, 15) is 0 Å². The maximum absolute atomic E-state index is 5.46. The highest BCUT2D eigenvalue weighted by atomic mass is 16.5. The SMILES string of the molecule is c1ccc(-c2nc(CN3CCc4c(ccnc4Nc4cnc5ccccc5c4)C3)no2)cc1. The average molecular weight is 435 g/mol. The molecule has 0 atom stereocenters. The molecule has 0 fully saturated rings. The first kappa shape index (κ1) is 19.6. The lowest BCUT2D eigenvalue weighted by atomic mass is 10.0. The number of para-hydroxylation sites is 1. The number of aromatic nitrogens is 4. The molecule has 5 aromatic rings. The van der Waals surface area contributed by atoms with Crippen molar-refractivity contribution >= 4 is 22.4 Å². The van der Waals surface area contributed by atoms with Gasteiger partial charge in [0.2, 0.25) is 0 Å². The van der Waals surface area contributed by atoms with E-state index in [0.717, 1.165) is 47.5 Å². The Morgan fingerprint density at radius 1 is 0.970 bits per heavy atom. The molecule has 6 rings (SSSR count). The minimum Gasteiger partial charge on any atom is -0.339 e. The first-order valence-corrected chi connectivity index (χ1v) is 11.0. The van der Waals surface area contributed by atoms with Crippen LogP contribution in [0.5, 0.6) is 0 Å². The maximum atomic E-state index is 5.46. The van der Waals surface area contributed by atoms with Gasteiger partial charge < -0.3 is 9.84 Å². The third-order valence-corrected chi connectivity index (χ3v) is 5.93. The Hall–Kier alpha value is -4.10. The van der Waals surface area contributed by atoms with Crippen LogP contribution < -0.4 is 5.32 Å². The van der Waals surface area contributed by atoms with Crippen LogP contribution in [-0.2, 0) is 19.5 Å². The van der Waals surface area contributed by atoms with E-state index in [-0.39, 0.29) is 0 Å². The quantitative estimate of drug-likeness (QED) is 0.418. The van der Waals surface area contributed by atoms with Crippen molar-refractivity contribution in [1.29, 1.82) is 0 Å². The van der Waals surface area contributed by atoms with E-state index in [1.165, 1.54) is 11.1 Å². The van der Waals surface area contributed by atoms with Crippen molar-refractivity contribution in [2.75, 3.05) is 11.9 Å². The Labute approximate surface area is 191 Å². The Kier molecular flexibility index (Phi) is 5.01. The highest BCUT2D eigenvalue weighted by Gasteiger charge is 2.21. The molecule has 0 spiro atoms. The number of benzene rings is 2. The van der Waals surface area contributed by atoms with E-state index in [0.29, 0.717) is 18.3 Å². The Morgan fingerprint density at radius 3 is 2.79 bits per heavy atom. The molecule has 162 valence electrons. The smallest absolute Gasteiger partial charge is 0.257 e. The lowest BCUT2D eigenvalue weighted by molar-refractivity contribution is 0.236. The Bertz CT molecular complexity index is 1420. The van der Waals surface area contributed by atoms with Crippen molar-refractivity contribution < 1.29 is 4.52 Å². The fourth-order valence-corrected chi connectivity index (χ4v) is 4.28. The number of nitrogens with zero attached hydrogens (tertiary/aromatic N) is 5. The van der Waals surface area contributed by atoms with Crippen LogP contribution in [0.4, 0.5) is 11.5 Å². The van der Waals surface area contributed by atoms with Crippen LogP contribution in [0.3, 0.4) is 0 Å². The summed E-state index contributed by atoms with van der Waals surface area (Å²) in [5, 5.41) is 8.76. The summed E-state index contributed by atoms with van der Waals surface area (Å²) in [7, 11) is 0. The molecule has 0 radical (unpaired) electrons. The van der Waals surface area contributed by atoms with Gasteiger partial charge in [-0.25, -0.2) is 4.98 Å². The number of rotatable bonds is 5. The summed E-state index contributed by atoms with van der Waals surface area (Å²) in [6, 6.07) is 22.2. The van der Waals surface area contributed by atoms with Gasteiger partial charge >= 0.3 is 0 Å². The summed E-state index contributed by atoms with van der Waals surface area (Å²) in [5.41, 5.74) is 5.38. The van der Waals surface area contributed by atoms with Gasteiger partial charge in [0.25, 0.3) is 5.89 Å². The van der Waals surface area contributed by atoms with Crippen molar-refractivity contribution in [3.8, 4) is 11.5 Å². The highest BCUT2D eigenvalue weighted by Crippen LogP contribution is 2.28. The standard InChI is InChI=1S/C26H22N6O/c1-2-6-18(7-3-1)26-30-24(31-33-26)17-32-13-11-22-20(16-32)10-12-27-25(22)29-21-14-19-8-4-5-9-23(19)28-15-21/h1-10,12,14-15H,11,13,16-17H2,(H,27,29). The Morgan fingerprint density at radius 2 is 1.85 bits per heavy atom. The predicted octanol–water partition coefficient (Wildman–Crippen LogP) is 4.98. The van der Waals surface area contributed by atoms with Crippen LogP contribution in [-0.4, -0.2) is 31.6 Å². The van der Waals surface area contributed by atoms with Gasteiger partial charge in [-0.3, -0.25) is 9.88 Å². The van der Waals surface area contributed by atoms with Crippen LogP contribution in [0.2, 0.25) is 0 Å². The first-order valence-electron chi connectivity index (χ1n) is 11.0. The molecule has 2 aromatic carbocycles. The highest BCUT2D eigenvalue weighted by molar-refractivity contribution is 5.82. The summed E-state index contributed by atoms with van der Waals surface area (Å²) >= 11 is 0. The van der Waals surface area contributed by atoms with Crippen molar-refractivity contribution in [2.24, 2.45) is 0 Å². The number of hydrogen-bond acceptors (Lipinski definition) is 7. The van der Waals surface area contributed by atoms with Crippen LogP contribution in [0.25, 0.3) is 22.4 Å². The zero-order chi connectivity index (χ0) is 22.0. The third-order valence-electron chi connectivity index (χ3n) is 5.93. The topological polar surface area (TPSA) is 80.0 Å². The minimum atomic E-state index is 0.558. The van der Waals surface area contributed by atoms with Crippen molar-refractivity contribution in [3.63, 3.8) is 0 Å². The van der Waals surface area contributed by atoms with E-state index in [1.54, 1.807) is 0 Å². The first-order chi connectivity index (χ1) is 16.3. The molecule has 0 saturated carbocycles. The molecule has 7 heteroatoms. The minimum absolute atomic E-state index is 0.558. The molecule has 0 amide bonds. The van der Waals surface area contributed by atoms with Gasteiger partial charge in [0.15, 0.2) is 5.82 Å². The van der Waals surface area contributed by atoms with Crippen LogP contribution in [0.15, 0.2) is 83.6 Å². The molecular formula is C26H22N6O. The molecule has 33 heavy (non-hydrogen) atoms. The van der Waals surface area contributed by atoms with Crippen molar-refractivity contribution in [2.45, 2.75) is 19.5 Å². The van der Waals surface area contributed by atoms with E-state index in [4.69, 9.17) is 4.52 Å². The second-order valence-corrected chi connectivity index (χ2v) is 8.18. The van der Waals surface area contributed by atoms with Gasteiger partial charge in [-0.1, -0.05) is 41.6 Å². The molecule has 0 unspecified atom stereocenters. The largest absolute Gasteiger partial charge is 0.339 e. The summed E-state index contributed by atoms with van der Waals surface area (Å²) in [4.78, 5) is 16.1. The summed E-state index contributed by atoms with van der Waals surface area (Å²) < 4.78 is 5.46. The third kappa shape index (κ3) is 4.06. The molecule has 1 N–H and O–H groups in total. The van der Waals surface area contributed by atoms with E-state index >= 15 is 0 Å². The molecule has 1 aliphatic rings. The number of nitrogens with one attached hydrogen (secondary N) is 1.